The fourth-order valence-electron chi connectivity index (χ4n) is 3.38. The smallest absolute Gasteiger partial charge is 0.258 e. The summed E-state index contributed by atoms with van der Waals surface area (Å²) in [5, 5.41) is 10.6. The maximum absolute atomic E-state index is 12.7. The largest absolute Gasteiger partial charge is 0.332 e. The molecule has 0 fully saturated rings. The number of carbonyl (C=O) groups excluding carboxylic acids is 2. The molecular weight excluding hydrogens is 418 g/mol. The van der Waals surface area contributed by atoms with Crippen molar-refractivity contribution in [1.82, 2.24) is 5.32 Å². The lowest BCUT2D eigenvalue weighted by Crippen LogP contribution is -2.34. The van der Waals surface area contributed by atoms with Crippen molar-refractivity contribution in [2.75, 3.05) is 10.6 Å². The van der Waals surface area contributed by atoms with Crippen LogP contribution in [0.1, 0.15) is 15.9 Å². The number of rotatable bonds is 5. The Morgan fingerprint density at radius 1 is 0.688 bits per heavy atom. The van der Waals surface area contributed by atoms with Crippen LogP contribution in [0.15, 0.2) is 97.1 Å². The third kappa shape index (κ3) is 5.36. The Morgan fingerprint density at radius 2 is 1.31 bits per heavy atom. The third-order valence-electron chi connectivity index (χ3n) is 4.90. The van der Waals surface area contributed by atoms with Crippen molar-refractivity contribution >= 4 is 51.3 Å². The quantitative estimate of drug-likeness (QED) is 0.376. The number of benzene rings is 4. The Kier molecular flexibility index (Phi) is 6.53. The highest BCUT2D eigenvalue weighted by atomic mass is 32.1. The molecule has 6 heteroatoms. The molecule has 0 unspecified atom stereocenters. The molecule has 0 radical (unpaired) electrons. The Hall–Kier alpha value is -4.03. The summed E-state index contributed by atoms with van der Waals surface area (Å²) in [4.78, 5) is 24.9. The number of fused-ring (bicyclic) bond motifs is 1. The molecule has 5 nitrogen and oxygen atoms in total. The van der Waals surface area contributed by atoms with E-state index in [1.165, 1.54) is 0 Å². The molecule has 32 heavy (non-hydrogen) atoms. The fraction of sp³-hybridized carbons (Fsp3) is 0.0385. The number of hydrogen-bond donors (Lipinski definition) is 3. The van der Waals surface area contributed by atoms with Crippen LogP contribution in [0.4, 0.5) is 11.4 Å². The molecule has 4 aromatic carbocycles. The van der Waals surface area contributed by atoms with Crippen LogP contribution < -0.4 is 16.0 Å². The average Bonchev–Trinajstić information content (AvgIpc) is 2.80. The van der Waals surface area contributed by atoms with E-state index in [1.807, 2.05) is 66.7 Å². The van der Waals surface area contributed by atoms with Gasteiger partial charge in [-0.05, 0) is 58.9 Å². The molecule has 0 saturated heterocycles. The van der Waals surface area contributed by atoms with Crippen LogP contribution in [0.3, 0.4) is 0 Å². The second-order valence-corrected chi connectivity index (χ2v) is 7.63. The van der Waals surface area contributed by atoms with Crippen LogP contribution >= 0.6 is 12.2 Å². The van der Waals surface area contributed by atoms with Crippen LogP contribution in [0.5, 0.6) is 0 Å². The second kappa shape index (κ2) is 9.85. The molecule has 0 aliphatic carbocycles. The molecule has 0 aromatic heterocycles. The van der Waals surface area contributed by atoms with Crippen molar-refractivity contribution in [2.24, 2.45) is 0 Å². The number of nitrogens with one attached hydrogen (secondary N) is 3. The lowest BCUT2D eigenvalue weighted by Gasteiger charge is -2.12. The number of amides is 2. The summed E-state index contributed by atoms with van der Waals surface area (Å²) in [5.74, 6) is -0.362. The first-order chi connectivity index (χ1) is 15.6. The van der Waals surface area contributed by atoms with E-state index in [0.717, 1.165) is 16.3 Å². The first-order valence-electron chi connectivity index (χ1n) is 10.1. The Bertz CT molecular complexity index is 1270. The van der Waals surface area contributed by atoms with Gasteiger partial charge in [-0.1, -0.05) is 66.7 Å². The summed E-state index contributed by atoms with van der Waals surface area (Å²) in [7, 11) is 0. The van der Waals surface area contributed by atoms with Crippen molar-refractivity contribution in [3.63, 3.8) is 0 Å². The molecule has 4 rings (SSSR count). The molecule has 0 heterocycles. The van der Waals surface area contributed by atoms with E-state index in [2.05, 4.69) is 16.0 Å². The van der Waals surface area contributed by atoms with Crippen molar-refractivity contribution < 1.29 is 9.59 Å². The van der Waals surface area contributed by atoms with E-state index in [1.54, 1.807) is 30.3 Å². The van der Waals surface area contributed by atoms with Gasteiger partial charge in [-0.15, -0.1) is 0 Å². The lowest BCUT2D eigenvalue weighted by molar-refractivity contribution is -0.115. The van der Waals surface area contributed by atoms with Gasteiger partial charge in [-0.2, -0.15) is 0 Å². The molecule has 158 valence electrons. The maximum Gasteiger partial charge on any atom is 0.258 e. The average molecular weight is 440 g/mol. The van der Waals surface area contributed by atoms with Gasteiger partial charge < -0.3 is 10.6 Å². The van der Waals surface area contributed by atoms with Gasteiger partial charge in [0.1, 0.15) is 0 Å². The van der Waals surface area contributed by atoms with E-state index >= 15 is 0 Å². The summed E-state index contributed by atoms with van der Waals surface area (Å²) >= 11 is 5.30. The minimum atomic E-state index is -0.274. The lowest BCUT2D eigenvalue weighted by atomic mass is 10.0. The molecule has 0 saturated carbocycles. The minimum Gasteiger partial charge on any atom is -0.332 e. The number of carbonyl (C=O) groups is 2. The predicted octanol–water partition coefficient (Wildman–Crippen LogP) is 5.15. The van der Waals surface area contributed by atoms with Crippen molar-refractivity contribution in [2.45, 2.75) is 6.42 Å². The van der Waals surface area contributed by atoms with E-state index in [0.29, 0.717) is 23.4 Å². The monoisotopic (exact) mass is 439 g/mol. The van der Waals surface area contributed by atoms with Gasteiger partial charge in [0.2, 0.25) is 5.91 Å². The summed E-state index contributed by atoms with van der Waals surface area (Å²) in [6.45, 7) is 0. The molecular formula is C26H21N3O2S. The molecule has 4 aromatic rings. The highest BCUT2D eigenvalue weighted by Gasteiger charge is 2.11. The molecule has 0 spiro atoms. The second-order valence-electron chi connectivity index (χ2n) is 7.22. The number of hydrogen-bond acceptors (Lipinski definition) is 3. The van der Waals surface area contributed by atoms with E-state index in [4.69, 9.17) is 12.2 Å². The zero-order valence-electron chi connectivity index (χ0n) is 17.2. The third-order valence-corrected chi connectivity index (χ3v) is 5.10. The van der Waals surface area contributed by atoms with Gasteiger partial charge in [-0.25, -0.2) is 0 Å². The van der Waals surface area contributed by atoms with Gasteiger partial charge in [-0.3, -0.25) is 14.9 Å². The SMILES string of the molecule is O=C(Cc1ccccc1)Nc1ccc(NC(=S)NC(=O)c2cccc3ccccc23)cc1. The topological polar surface area (TPSA) is 70.2 Å². The molecule has 0 atom stereocenters. The number of thiocarbonyl (C=S) groups is 1. The molecule has 0 aliphatic heterocycles. The summed E-state index contributed by atoms with van der Waals surface area (Å²) in [6, 6.07) is 30.0. The zero-order chi connectivity index (χ0) is 22.3. The van der Waals surface area contributed by atoms with Crippen LogP contribution in [0.2, 0.25) is 0 Å². The number of anilines is 2. The van der Waals surface area contributed by atoms with Crippen LogP contribution in [0, 0.1) is 0 Å². The van der Waals surface area contributed by atoms with Gasteiger partial charge in [0, 0.05) is 16.9 Å². The van der Waals surface area contributed by atoms with Crippen molar-refractivity contribution in [1.29, 1.82) is 0 Å². The predicted molar refractivity (Wildman–Crippen MR) is 133 cm³/mol. The van der Waals surface area contributed by atoms with Crippen LogP contribution in [0.25, 0.3) is 10.8 Å². The highest BCUT2D eigenvalue weighted by molar-refractivity contribution is 7.80. The van der Waals surface area contributed by atoms with Gasteiger partial charge in [0.15, 0.2) is 5.11 Å². The van der Waals surface area contributed by atoms with Crippen molar-refractivity contribution in [3.05, 3.63) is 108 Å². The first-order valence-corrected chi connectivity index (χ1v) is 10.5. The fourth-order valence-corrected chi connectivity index (χ4v) is 3.59. The summed E-state index contributed by atoms with van der Waals surface area (Å²) < 4.78 is 0. The Balaban J connectivity index is 1.33. The van der Waals surface area contributed by atoms with E-state index < -0.39 is 0 Å². The van der Waals surface area contributed by atoms with E-state index in [9.17, 15) is 9.59 Å². The van der Waals surface area contributed by atoms with Gasteiger partial charge >= 0.3 is 0 Å². The zero-order valence-corrected chi connectivity index (χ0v) is 18.0. The van der Waals surface area contributed by atoms with Crippen molar-refractivity contribution in [3.8, 4) is 0 Å². The van der Waals surface area contributed by atoms with Crippen LogP contribution in [-0.2, 0) is 11.2 Å². The standard InChI is InChI=1S/C26H21N3O2S/c30-24(17-18-7-2-1-3-8-18)27-20-13-15-21(16-14-20)28-26(32)29-25(31)23-12-6-10-19-9-4-5-11-22(19)23/h1-16H,17H2,(H,27,30)(H2,28,29,31,32). The summed E-state index contributed by atoms with van der Waals surface area (Å²) in [5.41, 5.74) is 2.90. The van der Waals surface area contributed by atoms with E-state index in [-0.39, 0.29) is 16.9 Å². The molecule has 3 N–H and O–H groups in total. The first kappa shape index (κ1) is 21.2. The molecule has 2 amide bonds. The normalized spacial score (nSPS) is 10.4. The Labute approximate surface area is 191 Å². The van der Waals surface area contributed by atoms with Crippen LogP contribution in [-0.4, -0.2) is 16.9 Å². The Morgan fingerprint density at radius 3 is 2.06 bits per heavy atom. The van der Waals surface area contributed by atoms with Gasteiger partial charge in [0.05, 0.1) is 6.42 Å². The molecule has 0 aliphatic rings. The van der Waals surface area contributed by atoms with Gasteiger partial charge in [0.25, 0.3) is 5.91 Å². The minimum absolute atomic E-state index is 0.0882. The summed E-state index contributed by atoms with van der Waals surface area (Å²) in [6.07, 6.45) is 0.311. The maximum atomic E-state index is 12.7. The highest BCUT2D eigenvalue weighted by Crippen LogP contribution is 2.19. The molecule has 0 bridgehead atoms.